The molecule has 0 aliphatic heterocycles. The molecule has 2 aromatic rings. The third kappa shape index (κ3) is 3.27. The van der Waals surface area contributed by atoms with Crippen LogP contribution in [0.4, 0.5) is 0 Å². The van der Waals surface area contributed by atoms with Gasteiger partial charge in [0.25, 0.3) is 0 Å². The number of benzene rings is 1. The molecule has 0 bridgehead atoms. The summed E-state index contributed by atoms with van der Waals surface area (Å²) in [4.78, 5) is 4.10. The van der Waals surface area contributed by atoms with E-state index in [1.165, 1.54) is 0 Å². The average molecular weight is 273 g/mol. The van der Waals surface area contributed by atoms with E-state index in [1.807, 2.05) is 36.5 Å². The van der Waals surface area contributed by atoms with Gasteiger partial charge in [-0.3, -0.25) is 4.98 Å². The van der Waals surface area contributed by atoms with Gasteiger partial charge in [-0.05, 0) is 35.7 Å². The second-order valence-electron chi connectivity index (χ2n) is 4.56. The largest absolute Gasteiger partial charge is 0.493 e. The van der Waals surface area contributed by atoms with Gasteiger partial charge in [0.1, 0.15) is 0 Å². The van der Waals surface area contributed by atoms with Crippen LogP contribution in [-0.2, 0) is 6.42 Å². The van der Waals surface area contributed by atoms with E-state index in [0.717, 1.165) is 17.5 Å². The molecule has 0 fully saturated rings. The normalized spacial score (nSPS) is 11.9. The molecule has 0 saturated carbocycles. The van der Waals surface area contributed by atoms with Gasteiger partial charge >= 0.3 is 0 Å². The van der Waals surface area contributed by atoms with Crippen LogP contribution in [0.3, 0.4) is 0 Å². The lowest BCUT2D eigenvalue weighted by molar-refractivity contribution is 0.264. The summed E-state index contributed by atoms with van der Waals surface area (Å²) < 4.78 is 10.5. The zero-order chi connectivity index (χ0) is 14.4. The van der Waals surface area contributed by atoms with Gasteiger partial charge in [0.2, 0.25) is 0 Å². The molecule has 1 aromatic heterocycles. The number of hydrogen-bond acceptors (Lipinski definition) is 4. The summed E-state index contributed by atoms with van der Waals surface area (Å²) in [5, 5.41) is 9.64. The van der Waals surface area contributed by atoms with Crippen molar-refractivity contribution in [3.63, 3.8) is 0 Å². The number of aromatic nitrogens is 1. The highest BCUT2D eigenvalue weighted by Gasteiger charge is 2.14. The second kappa shape index (κ2) is 6.91. The van der Waals surface area contributed by atoms with Crippen molar-refractivity contribution < 1.29 is 14.6 Å². The summed E-state index contributed by atoms with van der Waals surface area (Å²) in [6.45, 7) is 0.0738. The molecule has 4 nitrogen and oxygen atoms in total. The molecule has 1 heterocycles. The van der Waals surface area contributed by atoms with E-state index in [9.17, 15) is 5.11 Å². The number of methoxy groups -OCH3 is 2. The Balaban J connectivity index is 2.23. The average Bonchev–Trinajstić information content (AvgIpc) is 2.53. The smallest absolute Gasteiger partial charge is 0.160 e. The highest BCUT2D eigenvalue weighted by Crippen LogP contribution is 2.31. The zero-order valence-corrected chi connectivity index (χ0v) is 11.7. The second-order valence-corrected chi connectivity index (χ2v) is 4.56. The number of hydrogen-bond donors (Lipinski definition) is 1. The van der Waals surface area contributed by atoms with Gasteiger partial charge in [0.15, 0.2) is 11.5 Å². The van der Waals surface area contributed by atoms with Crippen molar-refractivity contribution in [2.45, 2.75) is 12.3 Å². The van der Waals surface area contributed by atoms with E-state index in [0.29, 0.717) is 11.5 Å². The topological polar surface area (TPSA) is 51.6 Å². The maximum atomic E-state index is 9.64. The van der Waals surface area contributed by atoms with Gasteiger partial charge in [0.05, 0.1) is 20.8 Å². The molecule has 2 rings (SSSR count). The monoisotopic (exact) mass is 273 g/mol. The molecule has 0 spiro atoms. The van der Waals surface area contributed by atoms with Crippen LogP contribution in [0.1, 0.15) is 17.0 Å². The molecular formula is C16H19NO3. The Hall–Kier alpha value is -2.07. The summed E-state index contributed by atoms with van der Waals surface area (Å²) in [6.07, 6.45) is 4.30. The van der Waals surface area contributed by atoms with Gasteiger partial charge in [-0.25, -0.2) is 0 Å². The minimum atomic E-state index is 0.0130. The minimum Gasteiger partial charge on any atom is -0.493 e. The van der Waals surface area contributed by atoms with Crippen LogP contribution in [0.2, 0.25) is 0 Å². The number of pyridine rings is 1. The molecule has 1 N–H and O–H groups in total. The Morgan fingerprint density at radius 2 is 1.95 bits per heavy atom. The van der Waals surface area contributed by atoms with Crippen LogP contribution in [0.5, 0.6) is 11.5 Å². The lowest BCUT2D eigenvalue weighted by atomic mass is 9.93. The van der Waals surface area contributed by atoms with Gasteiger partial charge in [-0.15, -0.1) is 0 Å². The van der Waals surface area contributed by atoms with E-state index in [2.05, 4.69) is 4.98 Å². The molecule has 1 aromatic carbocycles. The summed E-state index contributed by atoms with van der Waals surface area (Å²) in [6, 6.07) is 9.64. The predicted molar refractivity (Wildman–Crippen MR) is 77.3 cm³/mol. The maximum absolute atomic E-state index is 9.64. The number of aliphatic hydroxyl groups excluding tert-OH is 1. The number of ether oxygens (including phenoxy) is 2. The zero-order valence-electron chi connectivity index (χ0n) is 11.7. The van der Waals surface area contributed by atoms with Gasteiger partial charge in [0, 0.05) is 18.3 Å². The fourth-order valence-electron chi connectivity index (χ4n) is 2.20. The van der Waals surface area contributed by atoms with Crippen LogP contribution < -0.4 is 9.47 Å². The van der Waals surface area contributed by atoms with Crippen molar-refractivity contribution >= 4 is 0 Å². The summed E-state index contributed by atoms with van der Waals surface area (Å²) in [5.74, 6) is 1.38. The molecule has 0 radical (unpaired) electrons. The van der Waals surface area contributed by atoms with Crippen molar-refractivity contribution in [3.8, 4) is 11.5 Å². The lowest BCUT2D eigenvalue weighted by Crippen LogP contribution is -2.08. The first-order valence-corrected chi connectivity index (χ1v) is 6.50. The van der Waals surface area contributed by atoms with Crippen LogP contribution >= 0.6 is 0 Å². The third-order valence-corrected chi connectivity index (χ3v) is 3.30. The first kappa shape index (κ1) is 14.3. The van der Waals surface area contributed by atoms with Crippen LogP contribution in [0, 0.1) is 0 Å². The number of rotatable bonds is 6. The van der Waals surface area contributed by atoms with E-state index in [4.69, 9.17) is 9.47 Å². The molecule has 0 aliphatic carbocycles. The van der Waals surface area contributed by atoms with E-state index >= 15 is 0 Å². The van der Waals surface area contributed by atoms with Crippen LogP contribution in [-0.4, -0.2) is 30.9 Å². The molecule has 0 saturated heterocycles. The lowest BCUT2D eigenvalue weighted by Gasteiger charge is -2.17. The summed E-state index contributed by atoms with van der Waals surface area (Å²) >= 11 is 0. The van der Waals surface area contributed by atoms with Gasteiger partial charge in [-0.2, -0.15) is 0 Å². The molecule has 0 aliphatic rings. The van der Waals surface area contributed by atoms with Crippen molar-refractivity contribution in [1.82, 2.24) is 4.98 Å². The number of aliphatic hydroxyl groups is 1. The van der Waals surface area contributed by atoms with E-state index in [-0.39, 0.29) is 12.5 Å². The van der Waals surface area contributed by atoms with Gasteiger partial charge < -0.3 is 14.6 Å². The molecule has 106 valence electrons. The quantitative estimate of drug-likeness (QED) is 0.878. The molecular weight excluding hydrogens is 254 g/mol. The molecule has 0 amide bonds. The minimum absolute atomic E-state index is 0.0130. The molecule has 4 heteroatoms. The Bertz CT molecular complexity index is 543. The van der Waals surface area contributed by atoms with Gasteiger partial charge in [-0.1, -0.05) is 12.1 Å². The first-order valence-electron chi connectivity index (χ1n) is 6.50. The first-order chi connectivity index (χ1) is 9.78. The Labute approximate surface area is 119 Å². The fraction of sp³-hybridized carbons (Fsp3) is 0.312. The molecule has 20 heavy (non-hydrogen) atoms. The van der Waals surface area contributed by atoms with E-state index in [1.54, 1.807) is 20.4 Å². The standard InChI is InChI=1S/C16H19NO3/c1-19-15-6-5-13(9-16(15)20-2)14(11-18)8-12-4-3-7-17-10-12/h3-7,9-10,14,18H,8,11H2,1-2H3. The molecule has 1 atom stereocenters. The maximum Gasteiger partial charge on any atom is 0.160 e. The highest BCUT2D eigenvalue weighted by molar-refractivity contribution is 5.44. The van der Waals surface area contributed by atoms with Crippen molar-refractivity contribution in [2.24, 2.45) is 0 Å². The summed E-state index contributed by atoms with van der Waals surface area (Å²) in [5.41, 5.74) is 2.12. The predicted octanol–water partition coefficient (Wildman–Crippen LogP) is 2.42. The Kier molecular flexibility index (Phi) is 4.96. The van der Waals surface area contributed by atoms with Crippen LogP contribution in [0.15, 0.2) is 42.7 Å². The third-order valence-electron chi connectivity index (χ3n) is 3.30. The number of nitrogens with zero attached hydrogens (tertiary/aromatic N) is 1. The summed E-state index contributed by atoms with van der Waals surface area (Å²) in [7, 11) is 3.22. The SMILES string of the molecule is COc1ccc(C(CO)Cc2cccnc2)cc1OC. The Morgan fingerprint density at radius 1 is 1.15 bits per heavy atom. The fourth-order valence-corrected chi connectivity index (χ4v) is 2.20. The van der Waals surface area contributed by atoms with Crippen LogP contribution in [0.25, 0.3) is 0 Å². The Morgan fingerprint density at radius 3 is 2.55 bits per heavy atom. The van der Waals surface area contributed by atoms with Crippen molar-refractivity contribution in [2.75, 3.05) is 20.8 Å². The van der Waals surface area contributed by atoms with E-state index < -0.39 is 0 Å². The van der Waals surface area contributed by atoms with Crippen molar-refractivity contribution in [3.05, 3.63) is 53.9 Å². The molecule has 1 unspecified atom stereocenters. The van der Waals surface area contributed by atoms with Crippen molar-refractivity contribution in [1.29, 1.82) is 0 Å². The highest BCUT2D eigenvalue weighted by atomic mass is 16.5.